The molecule has 84 valence electrons. The van der Waals surface area contributed by atoms with Crippen LogP contribution in [0.1, 0.15) is 11.3 Å². The summed E-state index contributed by atoms with van der Waals surface area (Å²) in [5.41, 5.74) is 2.68. The van der Waals surface area contributed by atoms with E-state index < -0.39 is 0 Å². The van der Waals surface area contributed by atoms with Gasteiger partial charge < -0.3 is 10.2 Å². The van der Waals surface area contributed by atoms with Gasteiger partial charge in [-0.1, -0.05) is 0 Å². The van der Waals surface area contributed by atoms with Crippen molar-refractivity contribution < 1.29 is 0 Å². The molecular weight excluding hydrogens is 188 g/mol. The monoisotopic (exact) mass is 208 g/mol. The van der Waals surface area contributed by atoms with Crippen molar-refractivity contribution in [3.05, 3.63) is 17.5 Å². The van der Waals surface area contributed by atoms with Crippen molar-refractivity contribution in [1.29, 1.82) is 0 Å². The fourth-order valence-corrected chi connectivity index (χ4v) is 2.13. The molecule has 0 radical (unpaired) electrons. The molecule has 1 aromatic rings. The van der Waals surface area contributed by atoms with Crippen LogP contribution in [0, 0.1) is 6.92 Å². The second-order valence-corrected chi connectivity index (χ2v) is 4.24. The van der Waals surface area contributed by atoms with Gasteiger partial charge in [0.25, 0.3) is 0 Å². The first-order valence-electron chi connectivity index (χ1n) is 5.68. The third kappa shape index (κ3) is 2.58. The fraction of sp³-hybridized carbons (Fsp3) is 0.727. The maximum Gasteiger partial charge on any atom is 0.0521 e. The summed E-state index contributed by atoms with van der Waals surface area (Å²) < 4.78 is 2.00. The second-order valence-electron chi connectivity index (χ2n) is 4.24. The van der Waals surface area contributed by atoms with Crippen LogP contribution in [0.3, 0.4) is 0 Å². The van der Waals surface area contributed by atoms with Crippen LogP contribution in [-0.2, 0) is 13.5 Å². The second kappa shape index (κ2) is 4.77. The lowest BCUT2D eigenvalue weighted by Crippen LogP contribution is -2.44. The van der Waals surface area contributed by atoms with E-state index in [2.05, 4.69) is 22.2 Å². The number of hydrogen-bond donors (Lipinski definition) is 1. The standard InChI is InChI=1S/C11H20N4/c1-10-9-13-14(2)11(10)3-6-15-7-4-12-5-8-15/h9,12H,3-8H2,1-2H3. The van der Waals surface area contributed by atoms with E-state index in [1.54, 1.807) is 0 Å². The van der Waals surface area contributed by atoms with Gasteiger partial charge >= 0.3 is 0 Å². The van der Waals surface area contributed by atoms with Gasteiger partial charge in [0.05, 0.1) is 6.20 Å². The molecule has 0 aliphatic carbocycles. The Labute approximate surface area is 91.3 Å². The number of aromatic nitrogens is 2. The van der Waals surface area contributed by atoms with Gasteiger partial charge in [0.1, 0.15) is 0 Å². The van der Waals surface area contributed by atoms with Crippen molar-refractivity contribution in [2.75, 3.05) is 32.7 Å². The summed E-state index contributed by atoms with van der Waals surface area (Å²) >= 11 is 0. The third-order valence-corrected chi connectivity index (χ3v) is 3.14. The Kier molecular flexibility index (Phi) is 3.38. The number of nitrogens with zero attached hydrogens (tertiary/aromatic N) is 3. The Hall–Kier alpha value is -0.870. The Bertz CT molecular complexity index is 293. The molecule has 0 spiro atoms. The van der Waals surface area contributed by atoms with Gasteiger partial charge in [-0.3, -0.25) is 4.68 Å². The average molecular weight is 208 g/mol. The van der Waals surface area contributed by atoms with Crippen molar-refractivity contribution in [2.24, 2.45) is 7.05 Å². The summed E-state index contributed by atoms with van der Waals surface area (Å²) in [7, 11) is 2.03. The number of rotatable bonds is 3. The zero-order valence-electron chi connectivity index (χ0n) is 9.66. The van der Waals surface area contributed by atoms with E-state index in [4.69, 9.17) is 0 Å². The fourth-order valence-electron chi connectivity index (χ4n) is 2.13. The summed E-state index contributed by atoms with van der Waals surface area (Å²) in [6.45, 7) is 7.91. The van der Waals surface area contributed by atoms with Crippen LogP contribution < -0.4 is 5.32 Å². The molecule has 1 aromatic heterocycles. The van der Waals surface area contributed by atoms with Crippen molar-refractivity contribution >= 4 is 0 Å². The molecule has 1 aliphatic heterocycles. The van der Waals surface area contributed by atoms with Crippen LogP contribution in [0.4, 0.5) is 0 Å². The summed E-state index contributed by atoms with van der Waals surface area (Å²) in [5, 5.41) is 7.64. The van der Waals surface area contributed by atoms with Crippen molar-refractivity contribution in [1.82, 2.24) is 20.0 Å². The van der Waals surface area contributed by atoms with E-state index >= 15 is 0 Å². The van der Waals surface area contributed by atoms with Gasteiger partial charge in [0.15, 0.2) is 0 Å². The molecule has 2 rings (SSSR count). The van der Waals surface area contributed by atoms with Gasteiger partial charge in [-0.15, -0.1) is 0 Å². The molecule has 4 heteroatoms. The van der Waals surface area contributed by atoms with Gasteiger partial charge in [-0.2, -0.15) is 5.10 Å². The predicted molar refractivity (Wildman–Crippen MR) is 61.0 cm³/mol. The molecule has 1 fully saturated rings. The minimum absolute atomic E-state index is 1.11. The normalized spacial score (nSPS) is 18.3. The van der Waals surface area contributed by atoms with E-state index in [0.717, 1.165) is 26.1 Å². The lowest BCUT2D eigenvalue weighted by Gasteiger charge is -2.27. The minimum atomic E-state index is 1.11. The summed E-state index contributed by atoms with van der Waals surface area (Å²) in [6.07, 6.45) is 3.06. The number of hydrogen-bond acceptors (Lipinski definition) is 3. The zero-order valence-corrected chi connectivity index (χ0v) is 9.66. The molecule has 0 atom stereocenters. The topological polar surface area (TPSA) is 33.1 Å². The van der Waals surface area contributed by atoms with E-state index in [9.17, 15) is 0 Å². The first-order valence-corrected chi connectivity index (χ1v) is 5.68. The van der Waals surface area contributed by atoms with Crippen LogP contribution in [0.15, 0.2) is 6.20 Å². The highest BCUT2D eigenvalue weighted by atomic mass is 15.3. The van der Waals surface area contributed by atoms with Gasteiger partial charge in [0, 0.05) is 51.9 Å². The molecule has 1 saturated heterocycles. The molecule has 1 N–H and O–H groups in total. The van der Waals surface area contributed by atoms with Crippen LogP contribution in [0.25, 0.3) is 0 Å². The number of nitrogens with one attached hydrogen (secondary N) is 1. The summed E-state index contributed by atoms with van der Waals surface area (Å²) in [6, 6.07) is 0. The average Bonchev–Trinajstić information content (AvgIpc) is 2.58. The molecule has 4 nitrogen and oxygen atoms in total. The van der Waals surface area contributed by atoms with E-state index in [1.807, 2.05) is 17.9 Å². The van der Waals surface area contributed by atoms with Crippen molar-refractivity contribution in [3.8, 4) is 0 Å². The van der Waals surface area contributed by atoms with Crippen LogP contribution in [0.2, 0.25) is 0 Å². The van der Waals surface area contributed by atoms with E-state index in [1.165, 1.54) is 24.3 Å². The molecule has 15 heavy (non-hydrogen) atoms. The van der Waals surface area contributed by atoms with Crippen molar-refractivity contribution in [3.63, 3.8) is 0 Å². The largest absolute Gasteiger partial charge is 0.314 e. The van der Waals surface area contributed by atoms with Crippen molar-refractivity contribution in [2.45, 2.75) is 13.3 Å². The molecule has 0 bridgehead atoms. The lowest BCUT2D eigenvalue weighted by molar-refractivity contribution is 0.242. The summed E-state index contributed by atoms with van der Waals surface area (Å²) in [5.74, 6) is 0. The predicted octanol–water partition coefficient (Wildman–Crippen LogP) is 0.176. The Morgan fingerprint density at radius 2 is 2.13 bits per heavy atom. The molecule has 0 unspecified atom stereocenters. The van der Waals surface area contributed by atoms with E-state index in [-0.39, 0.29) is 0 Å². The Balaban J connectivity index is 1.87. The van der Waals surface area contributed by atoms with Crippen LogP contribution >= 0.6 is 0 Å². The zero-order chi connectivity index (χ0) is 10.7. The highest BCUT2D eigenvalue weighted by Gasteiger charge is 2.11. The first-order chi connectivity index (χ1) is 7.27. The Morgan fingerprint density at radius 3 is 2.73 bits per heavy atom. The SMILES string of the molecule is Cc1cnn(C)c1CCN1CCNCC1. The highest BCUT2D eigenvalue weighted by Crippen LogP contribution is 2.07. The highest BCUT2D eigenvalue weighted by molar-refractivity contribution is 5.15. The van der Waals surface area contributed by atoms with Gasteiger partial charge in [0.2, 0.25) is 0 Å². The quantitative estimate of drug-likeness (QED) is 0.769. The molecule has 0 saturated carbocycles. The maximum atomic E-state index is 4.27. The molecule has 1 aliphatic rings. The lowest BCUT2D eigenvalue weighted by atomic mass is 10.2. The third-order valence-electron chi connectivity index (χ3n) is 3.14. The van der Waals surface area contributed by atoms with E-state index in [0.29, 0.717) is 0 Å². The number of piperazine rings is 1. The Morgan fingerprint density at radius 1 is 1.40 bits per heavy atom. The minimum Gasteiger partial charge on any atom is -0.314 e. The summed E-state index contributed by atoms with van der Waals surface area (Å²) in [4.78, 5) is 2.52. The molecule has 0 aromatic carbocycles. The molecule has 2 heterocycles. The first kappa shape index (κ1) is 10.6. The van der Waals surface area contributed by atoms with Gasteiger partial charge in [-0.25, -0.2) is 0 Å². The maximum absolute atomic E-state index is 4.27. The van der Waals surface area contributed by atoms with Crippen LogP contribution in [-0.4, -0.2) is 47.4 Å². The van der Waals surface area contributed by atoms with Crippen LogP contribution in [0.5, 0.6) is 0 Å². The molecular formula is C11H20N4. The van der Waals surface area contributed by atoms with Gasteiger partial charge in [-0.05, 0) is 12.5 Å². The number of aryl methyl sites for hydroxylation is 2. The smallest absolute Gasteiger partial charge is 0.0521 e. The molecule has 0 amide bonds.